The third-order valence-corrected chi connectivity index (χ3v) is 5.93. The minimum Gasteiger partial charge on any atom is -0.497 e. The molecule has 2 N–H and O–H groups in total. The molecule has 0 bridgehead atoms. The van der Waals surface area contributed by atoms with Crippen molar-refractivity contribution in [3.63, 3.8) is 0 Å². The Kier molecular flexibility index (Phi) is 7.53. The number of ether oxygens (including phenoxy) is 1. The summed E-state index contributed by atoms with van der Waals surface area (Å²) in [4.78, 5) is 12.1. The van der Waals surface area contributed by atoms with Gasteiger partial charge in [0.25, 0.3) is 0 Å². The summed E-state index contributed by atoms with van der Waals surface area (Å²) in [5, 5.41) is 13.4. The first-order chi connectivity index (χ1) is 14.9. The lowest BCUT2D eigenvalue weighted by Gasteiger charge is -2.15. The molecule has 164 valence electrons. The van der Waals surface area contributed by atoms with Gasteiger partial charge >= 0.3 is 5.97 Å². The van der Waals surface area contributed by atoms with E-state index in [2.05, 4.69) is 41.1 Å². The molecule has 31 heavy (non-hydrogen) atoms. The predicted octanol–water partition coefficient (Wildman–Crippen LogP) is 4.97. The zero-order valence-corrected chi connectivity index (χ0v) is 18.8. The molecule has 0 radical (unpaired) electrons. The van der Waals surface area contributed by atoms with Crippen LogP contribution >= 0.6 is 0 Å². The fraction of sp³-hybridized carbons (Fsp3) is 0.346. The van der Waals surface area contributed by atoms with Crippen molar-refractivity contribution in [2.75, 3.05) is 7.11 Å². The number of aryl methyl sites for hydroxylation is 1. The van der Waals surface area contributed by atoms with Gasteiger partial charge in [-0.2, -0.15) is 0 Å². The zero-order chi connectivity index (χ0) is 22.4. The normalized spacial score (nSPS) is 12.0. The Labute approximate surface area is 184 Å². The number of rotatable bonds is 10. The molecule has 0 unspecified atom stereocenters. The summed E-state index contributed by atoms with van der Waals surface area (Å²) in [6.07, 6.45) is 1.99. The lowest BCUT2D eigenvalue weighted by molar-refractivity contribution is 0.0694. The summed E-state index contributed by atoms with van der Waals surface area (Å²) in [6.45, 7) is 7.19. The van der Waals surface area contributed by atoms with Crippen LogP contribution in [0.5, 0.6) is 5.75 Å². The van der Waals surface area contributed by atoms with E-state index in [4.69, 9.17) is 4.74 Å². The van der Waals surface area contributed by atoms with Crippen LogP contribution in [-0.2, 0) is 19.5 Å². The van der Waals surface area contributed by atoms with Gasteiger partial charge in [0.2, 0.25) is 0 Å². The minimum absolute atomic E-state index is 0.281. The summed E-state index contributed by atoms with van der Waals surface area (Å²) in [6, 6.07) is 18.6. The van der Waals surface area contributed by atoms with Gasteiger partial charge in [-0.05, 0) is 56.9 Å². The first kappa shape index (κ1) is 22.6. The van der Waals surface area contributed by atoms with E-state index < -0.39 is 5.97 Å². The monoisotopic (exact) mass is 420 g/mol. The van der Waals surface area contributed by atoms with E-state index in [0.717, 1.165) is 41.1 Å². The average Bonchev–Trinajstić information content (AvgIpc) is 3.01. The van der Waals surface area contributed by atoms with Crippen LogP contribution in [0.4, 0.5) is 0 Å². The van der Waals surface area contributed by atoms with Crippen molar-refractivity contribution in [1.82, 2.24) is 9.88 Å². The lowest BCUT2D eigenvalue weighted by Crippen LogP contribution is -2.27. The van der Waals surface area contributed by atoms with Crippen molar-refractivity contribution in [3.8, 4) is 5.75 Å². The average molecular weight is 421 g/mol. The molecule has 5 heteroatoms. The number of aromatic nitrogens is 1. The number of carboxylic acids is 1. The quantitative estimate of drug-likeness (QED) is 0.486. The van der Waals surface area contributed by atoms with Gasteiger partial charge < -0.3 is 19.7 Å². The highest BCUT2D eigenvalue weighted by Crippen LogP contribution is 2.25. The Morgan fingerprint density at radius 1 is 1.06 bits per heavy atom. The standard InChI is InChI=1S/C26H32N2O3/c1-18(13-14-21-9-6-5-7-10-21)27-16-24-19(2)28(20(3)25(24)26(29)30)17-22-11-8-12-23(15-22)31-4/h5-12,15,18,27H,13-14,16-17H2,1-4H3,(H,29,30)/t18-/m1/s1. The van der Waals surface area contributed by atoms with Gasteiger partial charge in [-0.1, -0.05) is 42.5 Å². The third kappa shape index (κ3) is 5.56. The van der Waals surface area contributed by atoms with Gasteiger partial charge in [0.05, 0.1) is 12.7 Å². The molecule has 0 amide bonds. The number of nitrogens with one attached hydrogen (secondary N) is 1. The Bertz CT molecular complexity index is 1020. The molecule has 0 fully saturated rings. The van der Waals surface area contributed by atoms with E-state index in [9.17, 15) is 9.90 Å². The maximum Gasteiger partial charge on any atom is 0.337 e. The highest BCUT2D eigenvalue weighted by molar-refractivity contribution is 5.91. The van der Waals surface area contributed by atoms with Crippen molar-refractivity contribution in [3.05, 3.63) is 88.2 Å². The summed E-state index contributed by atoms with van der Waals surface area (Å²) < 4.78 is 7.41. The number of hydrogen-bond donors (Lipinski definition) is 2. The fourth-order valence-electron chi connectivity index (χ4n) is 4.05. The van der Waals surface area contributed by atoms with Gasteiger partial charge in [-0.3, -0.25) is 0 Å². The summed E-state index contributed by atoms with van der Waals surface area (Å²) in [7, 11) is 1.65. The van der Waals surface area contributed by atoms with Crippen molar-refractivity contribution in [1.29, 1.82) is 0 Å². The van der Waals surface area contributed by atoms with E-state index >= 15 is 0 Å². The molecular weight excluding hydrogens is 388 g/mol. The smallest absolute Gasteiger partial charge is 0.337 e. The van der Waals surface area contributed by atoms with Crippen LogP contribution in [0.2, 0.25) is 0 Å². The number of benzene rings is 2. The Balaban J connectivity index is 1.74. The van der Waals surface area contributed by atoms with Crippen molar-refractivity contribution in [2.45, 2.75) is 52.7 Å². The summed E-state index contributed by atoms with van der Waals surface area (Å²) in [5.41, 5.74) is 5.43. The Hall–Kier alpha value is -3.05. The highest BCUT2D eigenvalue weighted by Gasteiger charge is 2.23. The second kappa shape index (κ2) is 10.3. The molecule has 0 saturated heterocycles. The van der Waals surface area contributed by atoms with E-state index in [1.807, 2.05) is 44.2 Å². The predicted molar refractivity (Wildman–Crippen MR) is 124 cm³/mol. The Morgan fingerprint density at radius 3 is 2.45 bits per heavy atom. The molecule has 0 saturated carbocycles. The maximum absolute atomic E-state index is 12.1. The molecule has 0 aliphatic rings. The lowest BCUT2D eigenvalue weighted by atomic mass is 10.1. The first-order valence-corrected chi connectivity index (χ1v) is 10.7. The molecule has 0 aliphatic carbocycles. The van der Waals surface area contributed by atoms with Crippen molar-refractivity contribution in [2.24, 2.45) is 0 Å². The molecule has 1 atom stereocenters. The topological polar surface area (TPSA) is 63.5 Å². The second-order valence-corrected chi connectivity index (χ2v) is 8.07. The number of carboxylic acid groups (broad SMARTS) is 1. The van der Waals surface area contributed by atoms with Gasteiger partial charge in [0.15, 0.2) is 0 Å². The number of methoxy groups -OCH3 is 1. The SMILES string of the molecule is COc1cccc(Cn2c(C)c(CN[C@H](C)CCc3ccccc3)c(C(=O)O)c2C)c1. The third-order valence-electron chi connectivity index (χ3n) is 5.93. The van der Waals surface area contributed by atoms with Crippen LogP contribution in [0.1, 0.15) is 51.8 Å². The van der Waals surface area contributed by atoms with Crippen LogP contribution in [0.25, 0.3) is 0 Å². The maximum atomic E-state index is 12.1. The van der Waals surface area contributed by atoms with Gasteiger partial charge in [-0.15, -0.1) is 0 Å². The Morgan fingerprint density at radius 2 is 1.77 bits per heavy atom. The van der Waals surface area contributed by atoms with Gasteiger partial charge in [0.1, 0.15) is 5.75 Å². The fourth-order valence-corrected chi connectivity index (χ4v) is 4.05. The highest BCUT2D eigenvalue weighted by atomic mass is 16.5. The first-order valence-electron chi connectivity index (χ1n) is 10.7. The number of nitrogens with zero attached hydrogens (tertiary/aromatic N) is 1. The molecule has 1 heterocycles. The van der Waals surface area contributed by atoms with Crippen LogP contribution in [0.3, 0.4) is 0 Å². The number of aromatic carboxylic acids is 1. The molecule has 0 aliphatic heterocycles. The van der Waals surface area contributed by atoms with Crippen LogP contribution in [0, 0.1) is 13.8 Å². The molecule has 2 aromatic carbocycles. The summed E-state index contributed by atoms with van der Waals surface area (Å²) in [5.74, 6) is -0.0775. The number of hydrogen-bond acceptors (Lipinski definition) is 3. The van der Waals surface area contributed by atoms with Crippen LogP contribution < -0.4 is 10.1 Å². The van der Waals surface area contributed by atoms with E-state index in [0.29, 0.717) is 18.7 Å². The molecule has 0 spiro atoms. The van der Waals surface area contributed by atoms with E-state index in [1.54, 1.807) is 7.11 Å². The van der Waals surface area contributed by atoms with Crippen molar-refractivity contribution < 1.29 is 14.6 Å². The minimum atomic E-state index is -0.876. The second-order valence-electron chi connectivity index (χ2n) is 8.07. The largest absolute Gasteiger partial charge is 0.497 e. The van der Waals surface area contributed by atoms with Crippen LogP contribution in [-0.4, -0.2) is 28.8 Å². The molecular formula is C26H32N2O3. The molecule has 3 aromatic rings. The van der Waals surface area contributed by atoms with E-state index in [1.165, 1.54) is 5.56 Å². The molecule has 3 rings (SSSR count). The molecule has 5 nitrogen and oxygen atoms in total. The van der Waals surface area contributed by atoms with Crippen LogP contribution in [0.15, 0.2) is 54.6 Å². The van der Waals surface area contributed by atoms with E-state index in [-0.39, 0.29) is 6.04 Å². The zero-order valence-electron chi connectivity index (χ0n) is 18.8. The van der Waals surface area contributed by atoms with Crippen molar-refractivity contribution >= 4 is 5.97 Å². The van der Waals surface area contributed by atoms with Gasteiger partial charge in [-0.25, -0.2) is 4.79 Å². The van der Waals surface area contributed by atoms with Gasteiger partial charge in [0, 0.05) is 36.1 Å². The number of carbonyl (C=O) groups is 1. The summed E-state index contributed by atoms with van der Waals surface area (Å²) >= 11 is 0. The molecule has 1 aromatic heterocycles.